The van der Waals surface area contributed by atoms with E-state index in [0.717, 1.165) is 44.0 Å². The maximum atomic E-state index is 13.8. The highest BCUT2D eigenvalue weighted by molar-refractivity contribution is 5.89. The van der Waals surface area contributed by atoms with Gasteiger partial charge in [-0.05, 0) is 55.5 Å². The smallest absolute Gasteiger partial charge is 0.247 e. The molecule has 184 valence electrons. The van der Waals surface area contributed by atoms with Crippen molar-refractivity contribution in [1.29, 1.82) is 0 Å². The number of ether oxygens (including phenoxy) is 1. The number of fused-ring (bicyclic) bond motifs is 1. The number of hydrogen-bond acceptors (Lipinski definition) is 5. The third-order valence-electron chi connectivity index (χ3n) is 6.95. The molecular formula is C26H30FN5O3. The van der Waals surface area contributed by atoms with Crippen LogP contribution >= 0.6 is 0 Å². The van der Waals surface area contributed by atoms with Crippen molar-refractivity contribution in [3.8, 4) is 0 Å². The standard InChI is InChI=1S/C26H30FN5O3/c27-19-13-11-18(12-14-19)25(26(34)28-16-21-8-5-15-35-21)32(20-6-1-2-7-20)24(33)17-31-23-10-4-3-9-22(23)29-30-31/h3-4,9-14,20-21,25H,1-2,5-8,15-17H2,(H,28,34)/t21-,25-/m1/s1. The summed E-state index contributed by atoms with van der Waals surface area (Å²) in [4.78, 5) is 29.2. The highest BCUT2D eigenvalue weighted by Crippen LogP contribution is 2.32. The van der Waals surface area contributed by atoms with E-state index < -0.39 is 6.04 Å². The van der Waals surface area contributed by atoms with E-state index in [4.69, 9.17) is 4.74 Å². The number of carbonyl (C=O) groups excluding carboxylic acids is 2. The van der Waals surface area contributed by atoms with Gasteiger partial charge in [-0.1, -0.05) is 42.3 Å². The molecule has 0 spiro atoms. The average Bonchev–Trinajstić information content (AvgIpc) is 3.65. The molecule has 1 aromatic heterocycles. The topological polar surface area (TPSA) is 89.4 Å². The molecule has 5 rings (SSSR count). The van der Waals surface area contributed by atoms with Crippen molar-refractivity contribution in [2.45, 2.75) is 63.3 Å². The predicted octanol–water partition coefficient (Wildman–Crippen LogP) is 3.38. The summed E-state index contributed by atoms with van der Waals surface area (Å²) in [6, 6.07) is 12.3. The summed E-state index contributed by atoms with van der Waals surface area (Å²) in [5, 5.41) is 11.3. The zero-order valence-electron chi connectivity index (χ0n) is 19.6. The Morgan fingerprint density at radius 3 is 2.60 bits per heavy atom. The minimum atomic E-state index is -0.873. The lowest BCUT2D eigenvalue weighted by Gasteiger charge is -2.36. The summed E-state index contributed by atoms with van der Waals surface area (Å²) < 4.78 is 21.0. The maximum absolute atomic E-state index is 13.8. The Morgan fingerprint density at radius 1 is 1.09 bits per heavy atom. The number of nitrogens with one attached hydrogen (secondary N) is 1. The van der Waals surface area contributed by atoms with Crippen molar-refractivity contribution < 1.29 is 18.7 Å². The summed E-state index contributed by atoms with van der Waals surface area (Å²) in [6.45, 7) is 1.05. The van der Waals surface area contributed by atoms with Crippen molar-refractivity contribution in [2.24, 2.45) is 0 Å². The van der Waals surface area contributed by atoms with Gasteiger partial charge in [0.2, 0.25) is 11.8 Å². The van der Waals surface area contributed by atoms with Gasteiger partial charge < -0.3 is 15.0 Å². The molecule has 0 bridgehead atoms. The van der Waals surface area contributed by atoms with Crippen molar-refractivity contribution in [1.82, 2.24) is 25.2 Å². The van der Waals surface area contributed by atoms with Crippen LogP contribution in [-0.4, -0.2) is 57.0 Å². The number of amides is 2. The van der Waals surface area contributed by atoms with E-state index in [1.165, 1.54) is 12.1 Å². The second-order valence-corrected chi connectivity index (χ2v) is 9.31. The van der Waals surface area contributed by atoms with Gasteiger partial charge in [-0.2, -0.15) is 0 Å². The lowest BCUT2D eigenvalue weighted by Crippen LogP contribution is -2.50. The van der Waals surface area contributed by atoms with Crippen molar-refractivity contribution in [3.05, 3.63) is 59.9 Å². The number of carbonyl (C=O) groups is 2. The highest BCUT2D eigenvalue weighted by Gasteiger charge is 2.38. The summed E-state index contributed by atoms with van der Waals surface area (Å²) in [5.41, 5.74) is 2.05. The van der Waals surface area contributed by atoms with E-state index in [2.05, 4.69) is 15.6 Å². The number of hydrogen-bond donors (Lipinski definition) is 1. The number of benzene rings is 2. The van der Waals surface area contributed by atoms with Crippen molar-refractivity contribution in [2.75, 3.05) is 13.2 Å². The molecule has 2 aromatic carbocycles. The molecule has 9 heteroatoms. The van der Waals surface area contributed by atoms with Crippen LogP contribution in [0.4, 0.5) is 4.39 Å². The summed E-state index contributed by atoms with van der Waals surface area (Å²) in [7, 11) is 0. The molecule has 3 aromatic rings. The van der Waals surface area contributed by atoms with Gasteiger partial charge in [0.1, 0.15) is 23.9 Å². The van der Waals surface area contributed by atoms with Gasteiger partial charge in [0, 0.05) is 19.2 Å². The Morgan fingerprint density at radius 2 is 1.86 bits per heavy atom. The summed E-state index contributed by atoms with van der Waals surface area (Å²) >= 11 is 0. The van der Waals surface area contributed by atoms with Crippen LogP contribution in [0.15, 0.2) is 48.5 Å². The van der Waals surface area contributed by atoms with Gasteiger partial charge in [-0.15, -0.1) is 5.10 Å². The Labute approximate surface area is 203 Å². The van der Waals surface area contributed by atoms with Crippen LogP contribution in [0.25, 0.3) is 11.0 Å². The van der Waals surface area contributed by atoms with E-state index in [1.807, 2.05) is 24.3 Å². The largest absolute Gasteiger partial charge is 0.376 e. The third kappa shape index (κ3) is 5.19. The fraction of sp³-hybridized carbons (Fsp3) is 0.462. The van der Waals surface area contributed by atoms with Gasteiger partial charge in [0.25, 0.3) is 0 Å². The minimum Gasteiger partial charge on any atom is -0.376 e. The first kappa shape index (κ1) is 23.4. The first-order valence-corrected chi connectivity index (χ1v) is 12.3. The van der Waals surface area contributed by atoms with E-state index in [0.29, 0.717) is 24.2 Å². The summed E-state index contributed by atoms with van der Waals surface area (Å²) in [6.07, 6.45) is 5.47. The fourth-order valence-electron chi connectivity index (χ4n) is 5.18. The highest BCUT2D eigenvalue weighted by atomic mass is 19.1. The second kappa shape index (κ2) is 10.5. The monoisotopic (exact) mass is 479 g/mol. The molecule has 1 aliphatic heterocycles. The molecule has 8 nitrogen and oxygen atoms in total. The number of rotatable bonds is 8. The van der Waals surface area contributed by atoms with Crippen molar-refractivity contribution >= 4 is 22.8 Å². The Bertz CT molecular complexity index is 1170. The summed E-state index contributed by atoms with van der Waals surface area (Å²) in [5.74, 6) is -0.884. The van der Waals surface area contributed by atoms with Crippen LogP contribution < -0.4 is 5.32 Å². The quantitative estimate of drug-likeness (QED) is 0.535. The van der Waals surface area contributed by atoms with Crippen LogP contribution in [0.3, 0.4) is 0 Å². The van der Waals surface area contributed by atoms with Crippen LogP contribution in [0, 0.1) is 5.82 Å². The predicted molar refractivity (Wildman–Crippen MR) is 128 cm³/mol. The number of halogens is 1. The number of para-hydroxylation sites is 1. The molecular weight excluding hydrogens is 449 g/mol. The Balaban J connectivity index is 1.46. The number of nitrogens with zero attached hydrogens (tertiary/aromatic N) is 4. The number of aromatic nitrogens is 3. The third-order valence-corrected chi connectivity index (χ3v) is 6.95. The molecule has 35 heavy (non-hydrogen) atoms. The average molecular weight is 480 g/mol. The molecule has 1 N–H and O–H groups in total. The van der Waals surface area contributed by atoms with Gasteiger partial charge in [0.15, 0.2) is 0 Å². The van der Waals surface area contributed by atoms with E-state index in [-0.39, 0.29) is 36.3 Å². The fourth-order valence-corrected chi connectivity index (χ4v) is 5.18. The molecule has 1 aliphatic carbocycles. The van der Waals surface area contributed by atoms with Crippen LogP contribution in [-0.2, 0) is 20.9 Å². The lowest BCUT2D eigenvalue weighted by molar-refractivity contribution is -0.144. The van der Waals surface area contributed by atoms with Gasteiger partial charge in [-0.3, -0.25) is 9.59 Å². The molecule has 1 saturated carbocycles. The van der Waals surface area contributed by atoms with E-state index >= 15 is 0 Å². The van der Waals surface area contributed by atoms with E-state index in [1.54, 1.807) is 21.7 Å². The molecule has 2 amide bonds. The van der Waals surface area contributed by atoms with Gasteiger partial charge >= 0.3 is 0 Å². The zero-order valence-corrected chi connectivity index (χ0v) is 19.6. The molecule has 0 radical (unpaired) electrons. The van der Waals surface area contributed by atoms with Crippen molar-refractivity contribution in [3.63, 3.8) is 0 Å². The van der Waals surface area contributed by atoms with Crippen LogP contribution in [0.2, 0.25) is 0 Å². The molecule has 2 aliphatic rings. The van der Waals surface area contributed by atoms with E-state index in [9.17, 15) is 14.0 Å². The normalized spacial score (nSPS) is 19.2. The van der Waals surface area contributed by atoms with Gasteiger partial charge in [0.05, 0.1) is 11.6 Å². The lowest BCUT2D eigenvalue weighted by atomic mass is 10.0. The Kier molecular flexibility index (Phi) is 7.03. The van der Waals surface area contributed by atoms with Gasteiger partial charge in [-0.25, -0.2) is 9.07 Å². The zero-order chi connectivity index (χ0) is 24.2. The first-order valence-electron chi connectivity index (χ1n) is 12.3. The molecule has 1 saturated heterocycles. The maximum Gasteiger partial charge on any atom is 0.247 e. The first-order chi connectivity index (χ1) is 17.1. The minimum absolute atomic E-state index is 0.0232. The van der Waals surface area contributed by atoms with Crippen LogP contribution in [0.5, 0.6) is 0 Å². The molecule has 2 atom stereocenters. The molecule has 2 fully saturated rings. The van der Waals surface area contributed by atoms with Crippen LogP contribution in [0.1, 0.15) is 50.1 Å². The second-order valence-electron chi connectivity index (χ2n) is 9.31. The Hall–Kier alpha value is -3.33. The SMILES string of the molecule is O=C(NC[C@H]1CCCO1)[C@@H](c1ccc(F)cc1)N(C(=O)Cn1nnc2ccccc21)C1CCCC1. The molecule has 0 unspecified atom stereocenters. The molecule has 2 heterocycles.